The quantitative estimate of drug-likeness (QED) is 0.752. The van der Waals surface area contributed by atoms with E-state index in [2.05, 4.69) is 15.1 Å². The standard InChI is InChI=1S/C18H18N6O2/c1-10-9-11(2)24-18(20-10)21-16(22-24)17(26)23-8-4-6-12-13(15(19)25)5-3-7-14(12)23/h3,5,7,9H,4,6,8H2,1-2H3,(H2,19,25). The Kier molecular flexibility index (Phi) is 3.68. The summed E-state index contributed by atoms with van der Waals surface area (Å²) in [5, 5.41) is 4.32. The highest BCUT2D eigenvalue weighted by Crippen LogP contribution is 2.30. The number of aryl methyl sites for hydroxylation is 2. The summed E-state index contributed by atoms with van der Waals surface area (Å²) in [6.45, 7) is 4.30. The molecule has 0 saturated carbocycles. The monoisotopic (exact) mass is 350 g/mol. The van der Waals surface area contributed by atoms with Crippen molar-refractivity contribution in [2.24, 2.45) is 5.73 Å². The van der Waals surface area contributed by atoms with E-state index in [4.69, 9.17) is 5.73 Å². The highest BCUT2D eigenvalue weighted by atomic mass is 16.2. The normalized spacial score (nSPS) is 13.7. The molecule has 0 saturated heterocycles. The van der Waals surface area contributed by atoms with E-state index in [0.717, 1.165) is 23.4 Å². The van der Waals surface area contributed by atoms with Crippen LogP contribution >= 0.6 is 0 Å². The third-order valence-corrected chi connectivity index (χ3v) is 4.57. The number of fused-ring (bicyclic) bond motifs is 2. The molecule has 0 fully saturated rings. The maximum Gasteiger partial charge on any atom is 0.298 e. The van der Waals surface area contributed by atoms with Gasteiger partial charge in [0.25, 0.3) is 11.7 Å². The van der Waals surface area contributed by atoms with Crippen LogP contribution in [-0.4, -0.2) is 37.9 Å². The third-order valence-electron chi connectivity index (χ3n) is 4.57. The molecule has 0 aliphatic carbocycles. The van der Waals surface area contributed by atoms with Gasteiger partial charge in [0.1, 0.15) is 0 Å². The predicted octanol–water partition coefficient (Wildman–Crippen LogP) is 1.43. The number of aromatic nitrogens is 4. The second-order valence-corrected chi connectivity index (χ2v) is 6.41. The minimum Gasteiger partial charge on any atom is -0.366 e. The van der Waals surface area contributed by atoms with Crippen LogP contribution in [0, 0.1) is 13.8 Å². The summed E-state index contributed by atoms with van der Waals surface area (Å²) in [6, 6.07) is 7.12. The second kappa shape index (κ2) is 5.91. The van der Waals surface area contributed by atoms with Crippen molar-refractivity contribution < 1.29 is 9.59 Å². The maximum absolute atomic E-state index is 13.1. The van der Waals surface area contributed by atoms with Crippen LogP contribution in [0.25, 0.3) is 5.78 Å². The summed E-state index contributed by atoms with van der Waals surface area (Å²) in [5.41, 5.74) is 9.09. The largest absolute Gasteiger partial charge is 0.366 e. The van der Waals surface area contributed by atoms with Crippen LogP contribution in [0.5, 0.6) is 0 Å². The number of nitrogens with two attached hydrogens (primary N) is 1. The smallest absolute Gasteiger partial charge is 0.298 e. The Morgan fingerprint density at radius 2 is 2.00 bits per heavy atom. The van der Waals surface area contributed by atoms with Crippen molar-refractivity contribution in [1.82, 2.24) is 19.6 Å². The highest BCUT2D eigenvalue weighted by Gasteiger charge is 2.28. The molecule has 1 aliphatic rings. The van der Waals surface area contributed by atoms with Crippen LogP contribution in [0.15, 0.2) is 24.3 Å². The minimum absolute atomic E-state index is 0.0866. The summed E-state index contributed by atoms with van der Waals surface area (Å²) >= 11 is 0. The molecule has 0 bridgehead atoms. The van der Waals surface area contributed by atoms with Gasteiger partial charge in [-0.25, -0.2) is 9.50 Å². The molecule has 26 heavy (non-hydrogen) atoms. The minimum atomic E-state index is -0.489. The SMILES string of the molecule is Cc1cc(C)n2nc(C(=O)N3CCCc4c(C(N)=O)cccc43)nc2n1. The number of primary amides is 1. The van der Waals surface area contributed by atoms with Crippen LogP contribution in [0.3, 0.4) is 0 Å². The molecule has 2 amide bonds. The molecule has 1 aliphatic heterocycles. The van der Waals surface area contributed by atoms with Gasteiger partial charge in [0, 0.05) is 29.2 Å². The van der Waals surface area contributed by atoms with Crippen molar-refractivity contribution in [2.45, 2.75) is 26.7 Å². The topological polar surface area (TPSA) is 106 Å². The summed E-state index contributed by atoms with van der Waals surface area (Å²) in [7, 11) is 0. The van der Waals surface area contributed by atoms with Gasteiger partial charge in [0.05, 0.1) is 0 Å². The average molecular weight is 350 g/mol. The molecule has 3 aromatic rings. The molecule has 8 heteroatoms. The molecule has 2 aromatic heterocycles. The first kappa shape index (κ1) is 16.2. The number of hydrogen-bond donors (Lipinski definition) is 1. The van der Waals surface area contributed by atoms with Crippen LogP contribution in [0.2, 0.25) is 0 Å². The lowest BCUT2D eigenvalue weighted by Gasteiger charge is -2.29. The summed E-state index contributed by atoms with van der Waals surface area (Å²) < 4.78 is 1.56. The first-order chi connectivity index (χ1) is 12.5. The molecule has 3 heterocycles. The second-order valence-electron chi connectivity index (χ2n) is 6.41. The Morgan fingerprint density at radius 3 is 2.77 bits per heavy atom. The lowest BCUT2D eigenvalue weighted by atomic mass is 9.96. The highest BCUT2D eigenvalue weighted by molar-refractivity contribution is 6.06. The summed E-state index contributed by atoms with van der Waals surface area (Å²) in [5.74, 6) is -0.315. The number of amides is 2. The first-order valence-corrected chi connectivity index (χ1v) is 8.40. The zero-order valence-corrected chi connectivity index (χ0v) is 14.6. The lowest BCUT2D eigenvalue weighted by molar-refractivity contribution is 0.0969. The van der Waals surface area contributed by atoms with Gasteiger partial charge in [-0.15, -0.1) is 5.10 Å². The van der Waals surface area contributed by atoms with Gasteiger partial charge in [-0.3, -0.25) is 9.59 Å². The summed E-state index contributed by atoms with van der Waals surface area (Å²) in [6.07, 6.45) is 1.45. The molecule has 4 rings (SSSR count). The Balaban J connectivity index is 1.78. The van der Waals surface area contributed by atoms with Crippen molar-refractivity contribution >= 4 is 23.3 Å². The van der Waals surface area contributed by atoms with E-state index in [0.29, 0.717) is 30.0 Å². The summed E-state index contributed by atoms with van der Waals surface area (Å²) in [4.78, 5) is 35.0. The molecular weight excluding hydrogens is 332 g/mol. The molecule has 0 unspecified atom stereocenters. The van der Waals surface area contributed by atoms with Crippen molar-refractivity contribution in [3.63, 3.8) is 0 Å². The number of anilines is 1. The number of benzene rings is 1. The zero-order chi connectivity index (χ0) is 18.4. The fraction of sp³-hybridized carbons (Fsp3) is 0.278. The molecular formula is C18H18N6O2. The van der Waals surface area contributed by atoms with Gasteiger partial charge in [-0.2, -0.15) is 4.98 Å². The van der Waals surface area contributed by atoms with Gasteiger partial charge >= 0.3 is 0 Å². The van der Waals surface area contributed by atoms with Crippen molar-refractivity contribution in [1.29, 1.82) is 0 Å². The van der Waals surface area contributed by atoms with E-state index in [-0.39, 0.29) is 11.7 Å². The van der Waals surface area contributed by atoms with E-state index < -0.39 is 5.91 Å². The van der Waals surface area contributed by atoms with Gasteiger partial charge in [-0.05, 0) is 50.5 Å². The number of nitrogens with zero attached hydrogens (tertiary/aromatic N) is 5. The van der Waals surface area contributed by atoms with Crippen molar-refractivity contribution in [3.05, 3.63) is 52.6 Å². The van der Waals surface area contributed by atoms with Crippen LogP contribution in [0.4, 0.5) is 5.69 Å². The molecule has 0 radical (unpaired) electrons. The molecule has 2 N–H and O–H groups in total. The Hall–Kier alpha value is -3.29. The van der Waals surface area contributed by atoms with E-state index in [9.17, 15) is 9.59 Å². The maximum atomic E-state index is 13.1. The van der Waals surface area contributed by atoms with Gasteiger partial charge in [0.2, 0.25) is 11.7 Å². The Morgan fingerprint density at radius 1 is 1.19 bits per heavy atom. The van der Waals surface area contributed by atoms with E-state index in [1.807, 2.05) is 26.0 Å². The molecule has 8 nitrogen and oxygen atoms in total. The fourth-order valence-electron chi connectivity index (χ4n) is 3.44. The molecule has 132 valence electrons. The third kappa shape index (κ3) is 2.50. The predicted molar refractivity (Wildman–Crippen MR) is 95.2 cm³/mol. The molecule has 0 spiro atoms. The number of carbonyl (C=O) groups is 2. The zero-order valence-electron chi connectivity index (χ0n) is 14.6. The van der Waals surface area contributed by atoms with Crippen molar-refractivity contribution in [3.8, 4) is 0 Å². The van der Waals surface area contributed by atoms with Crippen LogP contribution < -0.4 is 10.6 Å². The van der Waals surface area contributed by atoms with Crippen molar-refractivity contribution in [2.75, 3.05) is 11.4 Å². The molecule has 1 aromatic carbocycles. The van der Waals surface area contributed by atoms with E-state index in [1.54, 1.807) is 21.5 Å². The number of carbonyl (C=O) groups excluding carboxylic acids is 2. The average Bonchev–Trinajstić information content (AvgIpc) is 3.04. The van der Waals surface area contributed by atoms with Gasteiger partial charge in [-0.1, -0.05) is 6.07 Å². The number of hydrogen-bond acceptors (Lipinski definition) is 5. The lowest BCUT2D eigenvalue weighted by Crippen LogP contribution is -2.37. The van der Waals surface area contributed by atoms with Crippen LogP contribution in [-0.2, 0) is 6.42 Å². The van der Waals surface area contributed by atoms with E-state index >= 15 is 0 Å². The number of rotatable bonds is 2. The van der Waals surface area contributed by atoms with E-state index in [1.165, 1.54) is 0 Å². The van der Waals surface area contributed by atoms with Crippen LogP contribution in [0.1, 0.15) is 44.3 Å². The van der Waals surface area contributed by atoms with Gasteiger partial charge in [0.15, 0.2) is 0 Å². The molecule has 0 atom stereocenters. The fourth-order valence-corrected chi connectivity index (χ4v) is 3.44. The Bertz CT molecular complexity index is 1060. The Labute approximate surface area is 149 Å². The van der Waals surface area contributed by atoms with Gasteiger partial charge < -0.3 is 10.6 Å². The first-order valence-electron chi connectivity index (χ1n) is 8.40.